The normalized spacial score (nSPS) is 12.7. The molecule has 0 radical (unpaired) electrons. The van der Waals surface area contributed by atoms with Crippen LogP contribution in [0.4, 0.5) is 0 Å². The van der Waals surface area contributed by atoms with Crippen LogP contribution in [0.3, 0.4) is 0 Å². The van der Waals surface area contributed by atoms with Crippen molar-refractivity contribution in [1.29, 1.82) is 0 Å². The molecular formula is C21H29NO. The van der Waals surface area contributed by atoms with Crippen molar-refractivity contribution in [2.24, 2.45) is 0 Å². The van der Waals surface area contributed by atoms with Crippen LogP contribution in [0.15, 0.2) is 60.7 Å². The van der Waals surface area contributed by atoms with Gasteiger partial charge in [-0.05, 0) is 37.6 Å². The maximum atomic E-state index is 6.44. The molecule has 0 saturated carbocycles. The molecule has 0 fully saturated rings. The Hall–Kier alpha value is -1.64. The Bertz CT molecular complexity index is 497. The summed E-state index contributed by atoms with van der Waals surface area (Å²) >= 11 is 0. The summed E-state index contributed by atoms with van der Waals surface area (Å²) in [5.41, 5.74) is 2.43. The van der Waals surface area contributed by atoms with Crippen LogP contribution in [0.1, 0.15) is 44.4 Å². The first-order chi connectivity index (χ1) is 11.2. The van der Waals surface area contributed by atoms with Crippen molar-refractivity contribution in [3.05, 3.63) is 71.8 Å². The van der Waals surface area contributed by atoms with E-state index in [1.165, 1.54) is 11.1 Å². The molecule has 23 heavy (non-hydrogen) atoms. The number of hydrogen-bond donors (Lipinski definition) is 0. The molecule has 2 rings (SSSR count). The number of benzene rings is 2. The third-order valence-corrected chi connectivity index (χ3v) is 4.32. The second kappa shape index (κ2) is 9.49. The molecule has 0 bridgehead atoms. The summed E-state index contributed by atoms with van der Waals surface area (Å²) in [5.74, 6) is 0. The van der Waals surface area contributed by atoms with Crippen molar-refractivity contribution >= 4 is 0 Å². The summed E-state index contributed by atoms with van der Waals surface area (Å²) < 4.78 is 6.44. The van der Waals surface area contributed by atoms with Crippen molar-refractivity contribution in [2.45, 2.75) is 39.4 Å². The van der Waals surface area contributed by atoms with E-state index in [0.717, 1.165) is 26.1 Å². The molecule has 0 N–H and O–H groups in total. The first-order valence-corrected chi connectivity index (χ1v) is 8.72. The number of rotatable bonds is 9. The number of ether oxygens (including phenoxy) is 1. The van der Waals surface area contributed by atoms with Gasteiger partial charge in [0.25, 0.3) is 0 Å². The molecule has 2 aromatic carbocycles. The van der Waals surface area contributed by atoms with Crippen LogP contribution in [0.25, 0.3) is 0 Å². The van der Waals surface area contributed by atoms with Gasteiger partial charge in [-0.15, -0.1) is 0 Å². The molecule has 0 aliphatic carbocycles. The lowest BCUT2D eigenvalue weighted by molar-refractivity contribution is 0.00975. The Morgan fingerprint density at radius 1 is 0.826 bits per heavy atom. The average Bonchev–Trinajstić information content (AvgIpc) is 2.62. The lowest BCUT2D eigenvalue weighted by Crippen LogP contribution is -2.27. The van der Waals surface area contributed by atoms with E-state index in [1.807, 2.05) is 0 Å². The van der Waals surface area contributed by atoms with Crippen LogP contribution in [-0.2, 0) is 4.74 Å². The van der Waals surface area contributed by atoms with Crippen molar-refractivity contribution in [1.82, 2.24) is 4.90 Å². The fourth-order valence-electron chi connectivity index (χ4n) is 2.81. The predicted molar refractivity (Wildman–Crippen MR) is 97.7 cm³/mol. The zero-order valence-electron chi connectivity index (χ0n) is 14.6. The van der Waals surface area contributed by atoms with Gasteiger partial charge in [0.2, 0.25) is 0 Å². The van der Waals surface area contributed by atoms with Crippen LogP contribution >= 0.6 is 0 Å². The Kier molecular flexibility index (Phi) is 7.31. The van der Waals surface area contributed by atoms with E-state index in [2.05, 4.69) is 86.3 Å². The third-order valence-electron chi connectivity index (χ3n) is 4.32. The smallest absolute Gasteiger partial charge is 0.108 e. The average molecular weight is 311 g/mol. The second-order valence-corrected chi connectivity index (χ2v) is 5.96. The summed E-state index contributed by atoms with van der Waals surface area (Å²) in [6.07, 6.45) is 1.28. The van der Waals surface area contributed by atoms with Gasteiger partial charge in [0.15, 0.2) is 0 Å². The Morgan fingerprint density at radius 2 is 1.30 bits per heavy atom. The standard InChI is InChI=1S/C21H29NO/c1-4-22(5-2)17-16-18(3)23-21(19-12-8-6-9-13-19)20-14-10-7-11-15-20/h6-15,18,21H,4-5,16-17H2,1-3H3/t18-/m1/s1. The first kappa shape index (κ1) is 17.7. The quantitative estimate of drug-likeness (QED) is 0.652. The van der Waals surface area contributed by atoms with Crippen LogP contribution in [0, 0.1) is 0 Å². The number of nitrogens with zero attached hydrogens (tertiary/aromatic N) is 1. The lowest BCUT2D eigenvalue weighted by Gasteiger charge is -2.25. The van der Waals surface area contributed by atoms with Crippen molar-refractivity contribution in [3.63, 3.8) is 0 Å². The largest absolute Gasteiger partial charge is 0.366 e. The molecule has 2 aromatic rings. The topological polar surface area (TPSA) is 12.5 Å². The molecule has 0 heterocycles. The fraction of sp³-hybridized carbons (Fsp3) is 0.429. The van der Waals surface area contributed by atoms with Gasteiger partial charge in [-0.3, -0.25) is 0 Å². The van der Waals surface area contributed by atoms with Gasteiger partial charge in [0, 0.05) is 6.54 Å². The van der Waals surface area contributed by atoms with E-state index in [9.17, 15) is 0 Å². The summed E-state index contributed by atoms with van der Waals surface area (Å²) in [6.45, 7) is 9.90. The highest BCUT2D eigenvalue weighted by Gasteiger charge is 2.18. The highest BCUT2D eigenvalue weighted by molar-refractivity contribution is 5.29. The molecular weight excluding hydrogens is 282 g/mol. The molecule has 0 aliphatic heterocycles. The SMILES string of the molecule is CCN(CC)CC[C@@H](C)OC(c1ccccc1)c1ccccc1. The van der Waals surface area contributed by atoms with Crippen molar-refractivity contribution < 1.29 is 4.74 Å². The lowest BCUT2D eigenvalue weighted by atomic mass is 10.0. The molecule has 0 spiro atoms. The molecule has 0 unspecified atom stereocenters. The van der Waals surface area contributed by atoms with Crippen LogP contribution < -0.4 is 0 Å². The van der Waals surface area contributed by atoms with E-state index in [0.29, 0.717) is 0 Å². The van der Waals surface area contributed by atoms with Gasteiger partial charge in [0.1, 0.15) is 6.10 Å². The van der Waals surface area contributed by atoms with Gasteiger partial charge < -0.3 is 9.64 Å². The fourth-order valence-corrected chi connectivity index (χ4v) is 2.81. The zero-order chi connectivity index (χ0) is 16.5. The minimum Gasteiger partial charge on any atom is -0.366 e. The molecule has 0 amide bonds. The number of hydrogen-bond acceptors (Lipinski definition) is 2. The maximum Gasteiger partial charge on any atom is 0.108 e. The van der Waals surface area contributed by atoms with Crippen LogP contribution in [0.5, 0.6) is 0 Å². The zero-order valence-corrected chi connectivity index (χ0v) is 14.6. The monoisotopic (exact) mass is 311 g/mol. The summed E-state index contributed by atoms with van der Waals surface area (Å²) in [4.78, 5) is 2.44. The molecule has 0 saturated heterocycles. The molecule has 2 nitrogen and oxygen atoms in total. The second-order valence-electron chi connectivity index (χ2n) is 5.96. The summed E-state index contributed by atoms with van der Waals surface area (Å²) in [5, 5.41) is 0. The summed E-state index contributed by atoms with van der Waals surface area (Å²) in [6, 6.07) is 21.0. The molecule has 124 valence electrons. The summed E-state index contributed by atoms with van der Waals surface area (Å²) in [7, 11) is 0. The molecule has 0 aliphatic rings. The molecule has 0 aromatic heterocycles. The Labute approximate surface area is 141 Å². The Balaban J connectivity index is 2.06. The van der Waals surface area contributed by atoms with Crippen molar-refractivity contribution in [2.75, 3.05) is 19.6 Å². The minimum absolute atomic E-state index is 0.00380. The van der Waals surface area contributed by atoms with Crippen LogP contribution in [-0.4, -0.2) is 30.6 Å². The van der Waals surface area contributed by atoms with Gasteiger partial charge in [0.05, 0.1) is 6.10 Å². The van der Waals surface area contributed by atoms with Gasteiger partial charge >= 0.3 is 0 Å². The van der Waals surface area contributed by atoms with E-state index in [1.54, 1.807) is 0 Å². The predicted octanol–water partition coefficient (Wildman–Crippen LogP) is 4.91. The van der Waals surface area contributed by atoms with E-state index < -0.39 is 0 Å². The van der Waals surface area contributed by atoms with E-state index in [-0.39, 0.29) is 12.2 Å². The highest BCUT2D eigenvalue weighted by atomic mass is 16.5. The van der Waals surface area contributed by atoms with Gasteiger partial charge in [-0.2, -0.15) is 0 Å². The molecule has 1 atom stereocenters. The Morgan fingerprint density at radius 3 is 1.74 bits per heavy atom. The van der Waals surface area contributed by atoms with Crippen molar-refractivity contribution in [3.8, 4) is 0 Å². The van der Waals surface area contributed by atoms with Gasteiger partial charge in [-0.1, -0.05) is 74.5 Å². The van der Waals surface area contributed by atoms with E-state index >= 15 is 0 Å². The molecule has 2 heteroatoms. The van der Waals surface area contributed by atoms with Gasteiger partial charge in [-0.25, -0.2) is 0 Å². The highest BCUT2D eigenvalue weighted by Crippen LogP contribution is 2.27. The minimum atomic E-state index is 0.00380. The van der Waals surface area contributed by atoms with Crippen LogP contribution in [0.2, 0.25) is 0 Å². The third kappa shape index (κ3) is 5.49. The maximum absolute atomic E-state index is 6.44. The first-order valence-electron chi connectivity index (χ1n) is 8.72. The van der Waals surface area contributed by atoms with E-state index in [4.69, 9.17) is 4.74 Å².